The molecule has 0 amide bonds. The van der Waals surface area contributed by atoms with Crippen LogP contribution in [0.2, 0.25) is 0 Å². The molecule has 0 bridgehead atoms. The Hall–Kier alpha value is 1.02. The van der Waals surface area contributed by atoms with Gasteiger partial charge in [-0.3, -0.25) is 0 Å². The Bertz CT molecular complexity index is 239. The number of rotatable bonds is 4. The second kappa shape index (κ2) is 6.57. The summed E-state index contributed by atoms with van der Waals surface area (Å²) < 4.78 is 0. The van der Waals surface area contributed by atoms with Gasteiger partial charge in [0.2, 0.25) is 0 Å². The number of alkyl halides is 2. The third-order valence-corrected chi connectivity index (χ3v) is 5.02. The van der Waals surface area contributed by atoms with Crippen LogP contribution in [0.15, 0.2) is 21.7 Å². The van der Waals surface area contributed by atoms with Crippen LogP contribution in [-0.4, -0.2) is 9.70 Å². The zero-order valence-electron chi connectivity index (χ0n) is 8.45. The largest absolute Gasteiger partial charge is 0.119 e. The van der Waals surface area contributed by atoms with E-state index in [1.807, 2.05) is 20.8 Å². The Morgan fingerprint density at radius 3 is 2.36 bits per heavy atom. The van der Waals surface area contributed by atoms with Gasteiger partial charge >= 0.3 is 0 Å². The van der Waals surface area contributed by atoms with Gasteiger partial charge < -0.3 is 0 Å². The maximum atomic E-state index is 6.15. The molecule has 14 heavy (non-hydrogen) atoms. The summed E-state index contributed by atoms with van der Waals surface area (Å²) in [6.07, 6.45) is 2.93. The van der Waals surface area contributed by atoms with Crippen molar-refractivity contribution >= 4 is 55.1 Å². The first kappa shape index (κ1) is 15.0. The summed E-state index contributed by atoms with van der Waals surface area (Å²) in [5, 5.41) is 0.720. The van der Waals surface area contributed by atoms with Crippen LogP contribution in [0.1, 0.15) is 27.2 Å². The van der Waals surface area contributed by atoms with Gasteiger partial charge in [-0.1, -0.05) is 49.5 Å². The standard InChI is InChI=1S/C10H14Br2Cl2/c1-7(8(13)6-11)4-5-9(12)10(2,3)14/h4,6,9H,5H2,1-3H3/b7-4-,8-6+/t9-/m0/s1. The van der Waals surface area contributed by atoms with Gasteiger partial charge in [-0.25, -0.2) is 0 Å². The molecule has 0 aromatic heterocycles. The highest BCUT2D eigenvalue weighted by molar-refractivity contribution is 9.11. The quantitative estimate of drug-likeness (QED) is 0.451. The summed E-state index contributed by atoms with van der Waals surface area (Å²) in [6, 6.07) is 0. The predicted molar refractivity (Wildman–Crippen MR) is 73.9 cm³/mol. The molecule has 0 aliphatic rings. The average Bonchev–Trinajstić information content (AvgIpc) is 2.10. The minimum absolute atomic E-state index is 0.242. The maximum Gasteiger partial charge on any atom is 0.0518 e. The topological polar surface area (TPSA) is 0 Å². The molecule has 0 aromatic rings. The van der Waals surface area contributed by atoms with Crippen molar-refractivity contribution in [1.29, 1.82) is 0 Å². The van der Waals surface area contributed by atoms with Crippen LogP contribution in [0.5, 0.6) is 0 Å². The Kier molecular flexibility index (Phi) is 7.05. The second-order valence-electron chi connectivity index (χ2n) is 3.61. The number of allylic oxidation sites excluding steroid dienone is 3. The molecule has 0 aliphatic heterocycles. The molecule has 0 saturated heterocycles. The van der Waals surface area contributed by atoms with Crippen molar-refractivity contribution in [3.63, 3.8) is 0 Å². The number of hydrogen-bond donors (Lipinski definition) is 0. The van der Waals surface area contributed by atoms with Crippen LogP contribution in [-0.2, 0) is 0 Å². The van der Waals surface area contributed by atoms with E-state index < -0.39 is 0 Å². The lowest BCUT2D eigenvalue weighted by molar-refractivity contribution is 0.662. The fourth-order valence-corrected chi connectivity index (χ4v) is 1.46. The van der Waals surface area contributed by atoms with Gasteiger partial charge in [-0.15, -0.1) is 11.6 Å². The lowest BCUT2D eigenvalue weighted by atomic mass is 10.1. The van der Waals surface area contributed by atoms with E-state index >= 15 is 0 Å². The monoisotopic (exact) mass is 362 g/mol. The van der Waals surface area contributed by atoms with E-state index in [9.17, 15) is 0 Å². The van der Waals surface area contributed by atoms with E-state index in [4.69, 9.17) is 23.2 Å². The van der Waals surface area contributed by atoms with Crippen molar-refractivity contribution in [3.05, 3.63) is 21.7 Å². The van der Waals surface area contributed by atoms with E-state index in [0.717, 1.165) is 17.0 Å². The SMILES string of the molecule is CC(=C/C[C@H](Br)C(C)(C)Cl)/C(Cl)=C\Br. The number of halogens is 4. The molecule has 0 aromatic carbocycles. The normalized spacial score (nSPS) is 17.1. The zero-order valence-corrected chi connectivity index (χ0v) is 13.1. The molecule has 0 radical (unpaired) electrons. The van der Waals surface area contributed by atoms with E-state index in [1.54, 1.807) is 4.99 Å². The molecule has 0 aliphatic carbocycles. The van der Waals surface area contributed by atoms with E-state index in [2.05, 4.69) is 37.9 Å². The third-order valence-electron chi connectivity index (χ3n) is 1.85. The van der Waals surface area contributed by atoms with Gasteiger partial charge in [0.05, 0.1) is 9.91 Å². The first-order chi connectivity index (χ1) is 6.29. The number of hydrogen-bond acceptors (Lipinski definition) is 0. The Morgan fingerprint density at radius 2 is 2.00 bits per heavy atom. The molecule has 0 N–H and O–H groups in total. The summed E-state index contributed by atoms with van der Waals surface area (Å²) in [7, 11) is 0. The minimum Gasteiger partial charge on any atom is -0.119 e. The average molecular weight is 365 g/mol. The highest BCUT2D eigenvalue weighted by Gasteiger charge is 2.23. The van der Waals surface area contributed by atoms with Crippen LogP contribution >= 0.6 is 55.1 Å². The lowest BCUT2D eigenvalue weighted by Crippen LogP contribution is -2.23. The molecule has 82 valence electrons. The van der Waals surface area contributed by atoms with Crippen molar-refractivity contribution < 1.29 is 0 Å². The molecular weight excluding hydrogens is 351 g/mol. The van der Waals surface area contributed by atoms with Crippen LogP contribution in [0.25, 0.3) is 0 Å². The lowest BCUT2D eigenvalue weighted by Gasteiger charge is -2.21. The Morgan fingerprint density at radius 1 is 1.50 bits per heavy atom. The Labute approximate surface area is 113 Å². The van der Waals surface area contributed by atoms with Crippen LogP contribution in [0.4, 0.5) is 0 Å². The molecule has 0 fully saturated rings. The molecule has 0 saturated carbocycles. The summed E-state index contributed by atoms with van der Waals surface area (Å²) >= 11 is 18.8. The zero-order chi connectivity index (χ0) is 11.4. The van der Waals surface area contributed by atoms with Crippen LogP contribution < -0.4 is 0 Å². The Balaban J connectivity index is 4.30. The minimum atomic E-state index is -0.249. The van der Waals surface area contributed by atoms with Crippen LogP contribution in [0, 0.1) is 0 Å². The van der Waals surface area contributed by atoms with Gasteiger partial charge in [0, 0.05) is 9.81 Å². The first-order valence-electron chi connectivity index (χ1n) is 4.25. The van der Waals surface area contributed by atoms with E-state index in [1.165, 1.54) is 0 Å². The van der Waals surface area contributed by atoms with Crippen molar-refractivity contribution in [2.45, 2.75) is 36.9 Å². The van der Waals surface area contributed by atoms with E-state index in [-0.39, 0.29) is 9.70 Å². The predicted octanol–water partition coefficient (Wildman–Crippen LogP) is 5.58. The summed E-state index contributed by atoms with van der Waals surface area (Å²) in [5.74, 6) is 0. The van der Waals surface area contributed by atoms with E-state index in [0.29, 0.717) is 0 Å². The summed E-state index contributed by atoms with van der Waals surface area (Å²) in [4.78, 5) is 1.70. The molecule has 1 atom stereocenters. The third kappa shape index (κ3) is 5.79. The van der Waals surface area contributed by atoms with Crippen LogP contribution in [0.3, 0.4) is 0 Å². The summed E-state index contributed by atoms with van der Waals surface area (Å²) in [5.41, 5.74) is 1.05. The van der Waals surface area contributed by atoms with Gasteiger partial charge in [0.25, 0.3) is 0 Å². The van der Waals surface area contributed by atoms with Gasteiger partial charge in [0.1, 0.15) is 0 Å². The molecule has 0 rings (SSSR count). The molecule has 4 heteroatoms. The summed E-state index contributed by atoms with van der Waals surface area (Å²) in [6.45, 7) is 5.94. The fourth-order valence-electron chi connectivity index (χ4n) is 0.744. The smallest absolute Gasteiger partial charge is 0.0518 e. The van der Waals surface area contributed by atoms with Crippen molar-refractivity contribution in [2.75, 3.05) is 0 Å². The maximum absolute atomic E-state index is 6.15. The van der Waals surface area contributed by atoms with Crippen molar-refractivity contribution in [2.24, 2.45) is 0 Å². The fraction of sp³-hybridized carbons (Fsp3) is 0.600. The molecular formula is C10H14Br2Cl2. The molecule has 0 unspecified atom stereocenters. The molecule has 0 spiro atoms. The van der Waals surface area contributed by atoms with Gasteiger partial charge in [0.15, 0.2) is 0 Å². The highest BCUT2D eigenvalue weighted by Crippen LogP contribution is 2.28. The van der Waals surface area contributed by atoms with Crippen molar-refractivity contribution in [1.82, 2.24) is 0 Å². The molecule has 0 nitrogen and oxygen atoms in total. The second-order valence-corrected chi connectivity index (χ2v) is 6.56. The van der Waals surface area contributed by atoms with Gasteiger partial charge in [-0.05, 0) is 32.8 Å². The highest BCUT2D eigenvalue weighted by atomic mass is 79.9. The molecule has 0 heterocycles. The first-order valence-corrected chi connectivity index (χ1v) is 6.83. The van der Waals surface area contributed by atoms with Gasteiger partial charge in [-0.2, -0.15) is 0 Å². The van der Waals surface area contributed by atoms with Crippen molar-refractivity contribution in [3.8, 4) is 0 Å².